The summed E-state index contributed by atoms with van der Waals surface area (Å²) in [7, 11) is 1.59. The van der Waals surface area contributed by atoms with E-state index >= 15 is 0 Å². The molecule has 1 unspecified atom stereocenters. The second-order valence-electron chi connectivity index (χ2n) is 4.18. The van der Waals surface area contributed by atoms with Gasteiger partial charge in [-0.1, -0.05) is 5.16 Å². The second-order valence-corrected chi connectivity index (χ2v) is 5.47. The number of ether oxygens (including phenoxy) is 1. The van der Waals surface area contributed by atoms with Gasteiger partial charge in [0, 0.05) is 12.0 Å². The highest BCUT2D eigenvalue weighted by Crippen LogP contribution is 2.27. The number of hydrogen-bond donors (Lipinski definition) is 1. The summed E-state index contributed by atoms with van der Waals surface area (Å²) in [5, 5.41) is 3.91. The Morgan fingerprint density at radius 2 is 2.29 bits per heavy atom. The van der Waals surface area contributed by atoms with Crippen molar-refractivity contribution in [2.75, 3.05) is 13.7 Å². The van der Waals surface area contributed by atoms with Gasteiger partial charge in [0.2, 0.25) is 0 Å². The molecule has 2 aromatic heterocycles. The lowest BCUT2D eigenvalue weighted by molar-refractivity contribution is 0.135. The largest absolute Gasteiger partial charge is 0.382 e. The highest BCUT2D eigenvalue weighted by atomic mass is 32.1. The Morgan fingerprint density at radius 1 is 1.53 bits per heavy atom. The maximum atomic E-state index is 6.04. The first-order valence-corrected chi connectivity index (χ1v) is 6.03. The van der Waals surface area contributed by atoms with Crippen LogP contribution in [0.3, 0.4) is 0 Å². The smallest absolute Gasteiger partial charge is 0.268 e. The van der Waals surface area contributed by atoms with Crippen LogP contribution in [0.1, 0.15) is 17.6 Å². The zero-order valence-electron chi connectivity index (χ0n) is 10.1. The zero-order chi connectivity index (χ0) is 12.5. The predicted octanol–water partition coefficient (Wildman–Crippen LogP) is 1.93. The first-order valence-electron chi connectivity index (χ1n) is 5.22. The lowest BCUT2D eigenvalue weighted by Crippen LogP contribution is -2.38. The van der Waals surface area contributed by atoms with Gasteiger partial charge in [0.15, 0.2) is 5.82 Å². The van der Waals surface area contributed by atoms with E-state index in [0.717, 1.165) is 4.88 Å². The molecule has 0 saturated carbocycles. The van der Waals surface area contributed by atoms with Crippen LogP contribution in [0, 0.1) is 6.92 Å². The molecule has 0 aliphatic heterocycles. The average molecular weight is 253 g/mol. The summed E-state index contributed by atoms with van der Waals surface area (Å²) in [6.45, 7) is 4.18. The minimum Gasteiger partial charge on any atom is -0.382 e. The van der Waals surface area contributed by atoms with Gasteiger partial charge < -0.3 is 15.0 Å². The summed E-state index contributed by atoms with van der Waals surface area (Å²) in [5.41, 5.74) is 5.31. The van der Waals surface area contributed by atoms with Gasteiger partial charge in [-0.25, -0.2) is 0 Å². The average Bonchev–Trinajstić information content (AvgIpc) is 2.85. The number of rotatable bonds is 4. The molecular weight excluding hydrogens is 238 g/mol. The van der Waals surface area contributed by atoms with Crippen molar-refractivity contribution in [3.63, 3.8) is 0 Å². The number of hydrogen-bond acceptors (Lipinski definition) is 6. The highest BCUT2D eigenvalue weighted by Gasteiger charge is 2.28. The Kier molecular flexibility index (Phi) is 3.28. The van der Waals surface area contributed by atoms with Crippen LogP contribution in [0.25, 0.3) is 10.8 Å². The molecule has 0 bridgehead atoms. The third-order valence-electron chi connectivity index (χ3n) is 2.33. The normalized spacial score (nSPS) is 14.8. The molecule has 92 valence electrons. The van der Waals surface area contributed by atoms with Crippen molar-refractivity contribution in [3.05, 3.63) is 22.8 Å². The molecule has 0 radical (unpaired) electrons. The van der Waals surface area contributed by atoms with Crippen molar-refractivity contribution >= 4 is 11.3 Å². The first-order chi connectivity index (χ1) is 8.03. The fourth-order valence-electron chi connectivity index (χ4n) is 1.47. The van der Waals surface area contributed by atoms with E-state index in [2.05, 4.69) is 10.1 Å². The molecule has 17 heavy (non-hydrogen) atoms. The molecule has 0 aliphatic rings. The summed E-state index contributed by atoms with van der Waals surface area (Å²) in [6, 6.07) is 3.97. The minimum absolute atomic E-state index is 0.343. The third kappa shape index (κ3) is 2.54. The second kappa shape index (κ2) is 4.56. The Balaban J connectivity index is 2.27. The number of aryl methyl sites for hydroxylation is 1. The molecule has 0 fully saturated rings. The van der Waals surface area contributed by atoms with Gasteiger partial charge in [-0.3, -0.25) is 0 Å². The van der Waals surface area contributed by atoms with Gasteiger partial charge in [0.05, 0.1) is 11.5 Å². The molecule has 2 aromatic rings. The number of nitrogens with zero attached hydrogens (tertiary/aromatic N) is 2. The standard InChI is InChI=1S/C11H15N3O2S/c1-7-4-5-8(17-7)9-13-10(14-16-9)11(2,12)6-15-3/h4-5H,6,12H2,1-3H3. The molecule has 5 nitrogen and oxygen atoms in total. The van der Waals surface area contributed by atoms with E-state index < -0.39 is 5.54 Å². The van der Waals surface area contributed by atoms with E-state index in [0.29, 0.717) is 18.3 Å². The maximum absolute atomic E-state index is 6.04. The van der Waals surface area contributed by atoms with Gasteiger partial charge in [-0.2, -0.15) is 4.98 Å². The van der Waals surface area contributed by atoms with Gasteiger partial charge in [0.25, 0.3) is 5.89 Å². The van der Waals surface area contributed by atoms with E-state index in [4.69, 9.17) is 15.0 Å². The monoisotopic (exact) mass is 253 g/mol. The molecule has 2 heterocycles. The minimum atomic E-state index is -0.733. The summed E-state index contributed by atoms with van der Waals surface area (Å²) in [6.07, 6.45) is 0. The van der Waals surface area contributed by atoms with Crippen molar-refractivity contribution in [1.29, 1.82) is 0 Å². The van der Waals surface area contributed by atoms with Crippen LogP contribution >= 0.6 is 11.3 Å². The van der Waals surface area contributed by atoms with Crippen molar-refractivity contribution in [2.24, 2.45) is 5.73 Å². The Morgan fingerprint density at radius 3 is 2.88 bits per heavy atom. The first kappa shape index (κ1) is 12.2. The molecule has 0 aliphatic carbocycles. The van der Waals surface area contributed by atoms with Crippen LogP contribution < -0.4 is 5.73 Å². The fourth-order valence-corrected chi connectivity index (χ4v) is 2.26. The Bertz CT molecular complexity index is 504. The molecule has 1 atom stereocenters. The molecule has 2 rings (SSSR count). The summed E-state index contributed by atoms with van der Waals surface area (Å²) in [5.74, 6) is 0.964. The van der Waals surface area contributed by atoms with Crippen molar-refractivity contribution in [3.8, 4) is 10.8 Å². The van der Waals surface area contributed by atoms with Crippen LogP contribution in [0.5, 0.6) is 0 Å². The lowest BCUT2D eigenvalue weighted by Gasteiger charge is -2.18. The Hall–Kier alpha value is -1.24. The number of methoxy groups -OCH3 is 1. The van der Waals surface area contributed by atoms with Crippen LogP contribution in [0.2, 0.25) is 0 Å². The molecule has 0 saturated heterocycles. The molecule has 6 heteroatoms. The molecule has 0 amide bonds. The quantitative estimate of drug-likeness (QED) is 0.901. The van der Waals surface area contributed by atoms with Crippen LogP contribution in [-0.2, 0) is 10.3 Å². The lowest BCUT2D eigenvalue weighted by atomic mass is 10.1. The highest BCUT2D eigenvalue weighted by molar-refractivity contribution is 7.15. The molecule has 0 spiro atoms. The van der Waals surface area contributed by atoms with Crippen molar-refractivity contribution in [1.82, 2.24) is 10.1 Å². The predicted molar refractivity (Wildman–Crippen MR) is 65.8 cm³/mol. The van der Waals surface area contributed by atoms with Gasteiger partial charge in [0.1, 0.15) is 5.54 Å². The number of nitrogens with two attached hydrogens (primary N) is 1. The van der Waals surface area contributed by atoms with E-state index in [1.165, 1.54) is 4.88 Å². The SMILES string of the molecule is COCC(C)(N)c1noc(-c2ccc(C)s2)n1. The van der Waals surface area contributed by atoms with Crippen molar-refractivity contribution in [2.45, 2.75) is 19.4 Å². The number of aromatic nitrogens is 2. The fraction of sp³-hybridized carbons (Fsp3) is 0.455. The van der Waals surface area contributed by atoms with Crippen LogP contribution in [0.4, 0.5) is 0 Å². The number of thiophene rings is 1. The van der Waals surface area contributed by atoms with Gasteiger partial charge in [-0.05, 0) is 26.0 Å². The molecular formula is C11H15N3O2S. The summed E-state index contributed by atoms with van der Waals surface area (Å²) in [4.78, 5) is 6.47. The van der Waals surface area contributed by atoms with Crippen molar-refractivity contribution < 1.29 is 9.26 Å². The van der Waals surface area contributed by atoms with Crippen LogP contribution in [-0.4, -0.2) is 23.9 Å². The Labute approximate surface area is 104 Å². The van der Waals surface area contributed by atoms with Crippen LogP contribution in [0.15, 0.2) is 16.7 Å². The van der Waals surface area contributed by atoms with E-state index in [1.807, 2.05) is 26.0 Å². The maximum Gasteiger partial charge on any atom is 0.268 e. The third-order valence-corrected chi connectivity index (χ3v) is 3.32. The topological polar surface area (TPSA) is 74.2 Å². The van der Waals surface area contributed by atoms with E-state index in [-0.39, 0.29) is 0 Å². The zero-order valence-corrected chi connectivity index (χ0v) is 10.9. The molecule has 2 N–H and O–H groups in total. The van der Waals surface area contributed by atoms with E-state index in [9.17, 15) is 0 Å². The summed E-state index contributed by atoms with van der Waals surface area (Å²) < 4.78 is 10.2. The molecule has 0 aromatic carbocycles. The van der Waals surface area contributed by atoms with E-state index in [1.54, 1.807) is 18.4 Å². The summed E-state index contributed by atoms with van der Waals surface area (Å²) >= 11 is 1.61. The van der Waals surface area contributed by atoms with Gasteiger partial charge in [-0.15, -0.1) is 11.3 Å². The van der Waals surface area contributed by atoms with Gasteiger partial charge >= 0.3 is 0 Å².